The first-order valence-corrected chi connectivity index (χ1v) is 6.08. The van der Waals surface area contributed by atoms with Crippen LogP contribution in [0.15, 0.2) is 22.7 Å². The first kappa shape index (κ1) is 12.0. The summed E-state index contributed by atoms with van der Waals surface area (Å²) in [5.41, 5.74) is -0.0430. The highest BCUT2D eigenvalue weighted by atomic mass is 16.5. The van der Waals surface area contributed by atoms with Gasteiger partial charge in [0.2, 0.25) is 5.82 Å². The molecule has 1 aliphatic rings. The SMILES string of the molecule is CC1(c2noc(-c3cc(O)cc(O)c3)n2)CCCO1. The van der Waals surface area contributed by atoms with Crippen molar-refractivity contribution in [2.24, 2.45) is 0 Å². The summed E-state index contributed by atoms with van der Waals surface area (Å²) in [6.07, 6.45) is 1.81. The molecule has 1 unspecified atom stereocenters. The minimum Gasteiger partial charge on any atom is -0.508 e. The maximum Gasteiger partial charge on any atom is 0.258 e. The van der Waals surface area contributed by atoms with Gasteiger partial charge in [-0.25, -0.2) is 0 Å². The van der Waals surface area contributed by atoms with Gasteiger partial charge < -0.3 is 19.5 Å². The van der Waals surface area contributed by atoms with Crippen molar-refractivity contribution < 1.29 is 19.5 Å². The van der Waals surface area contributed by atoms with Crippen molar-refractivity contribution in [2.45, 2.75) is 25.4 Å². The molecule has 1 atom stereocenters. The molecule has 2 N–H and O–H groups in total. The van der Waals surface area contributed by atoms with E-state index < -0.39 is 5.60 Å². The van der Waals surface area contributed by atoms with Crippen LogP contribution in [0.2, 0.25) is 0 Å². The number of hydrogen-bond donors (Lipinski definition) is 2. The van der Waals surface area contributed by atoms with E-state index in [1.54, 1.807) is 0 Å². The molecule has 1 saturated heterocycles. The van der Waals surface area contributed by atoms with Crippen LogP contribution in [-0.2, 0) is 10.3 Å². The van der Waals surface area contributed by atoms with E-state index in [2.05, 4.69) is 10.1 Å². The topological polar surface area (TPSA) is 88.6 Å². The molecule has 1 aliphatic heterocycles. The van der Waals surface area contributed by atoms with Crippen LogP contribution in [0.1, 0.15) is 25.6 Å². The van der Waals surface area contributed by atoms with E-state index in [0.717, 1.165) is 12.8 Å². The molecule has 0 saturated carbocycles. The van der Waals surface area contributed by atoms with Gasteiger partial charge in [-0.2, -0.15) is 4.98 Å². The summed E-state index contributed by atoms with van der Waals surface area (Å²) in [4.78, 5) is 4.29. The Labute approximate surface area is 109 Å². The molecule has 6 nitrogen and oxygen atoms in total. The van der Waals surface area contributed by atoms with Crippen LogP contribution in [0, 0.1) is 0 Å². The highest BCUT2D eigenvalue weighted by molar-refractivity contribution is 5.58. The Kier molecular flexibility index (Phi) is 2.67. The van der Waals surface area contributed by atoms with E-state index >= 15 is 0 Å². The fraction of sp³-hybridized carbons (Fsp3) is 0.385. The molecule has 2 aromatic rings. The highest BCUT2D eigenvalue weighted by Crippen LogP contribution is 2.35. The number of ether oxygens (including phenoxy) is 1. The summed E-state index contributed by atoms with van der Waals surface area (Å²) in [6, 6.07) is 4.14. The number of aromatic nitrogens is 2. The minimum absolute atomic E-state index is 0.0573. The van der Waals surface area contributed by atoms with E-state index in [1.807, 2.05) is 6.92 Å². The third-order valence-corrected chi connectivity index (χ3v) is 3.27. The van der Waals surface area contributed by atoms with E-state index in [0.29, 0.717) is 18.0 Å². The third kappa shape index (κ3) is 2.15. The quantitative estimate of drug-likeness (QED) is 0.862. The van der Waals surface area contributed by atoms with Crippen LogP contribution in [0.3, 0.4) is 0 Å². The molecule has 0 amide bonds. The lowest BCUT2D eigenvalue weighted by Crippen LogP contribution is -2.21. The van der Waals surface area contributed by atoms with Crippen molar-refractivity contribution >= 4 is 0 Å². The summed E-state index contributed by atoms with van der Waals surface area (Å²) >= 11 is 0. The van der Waals surface area contributed by atoms with Crippen LogP contribution in [0.25, 0.3) is 11.5 Å². The van der Waals surface area contributed by atoms with Crippen LogP contribution < -0.4 is 0 Å². The van der Waals surface area contributed by atoms with Gasteiger partial charge in [-0.3, -0.25) is 0 Å². The van der Waals surface area contributed by atoms with Crippen LogP contribution in [0.5, 0.6) is 11.5 Å². The van der Waals surface area contributed by atoms with Crippen LogP contribution in [-0.4, -0.2) is 27.0 Å². The van der Waals surface area contributed by atoms with Gasteiger partial charge in [0, 0.05) is 18.2 Å². The van der Waals surface area contributed by atoms with Gasteiger partial charge in [-0.05, 0) is 31.9 Å². The Bertz CT molecular complexity index is 582. The molecule has 1 aromatic carbocycles. The van der Waals surface area contributed by atoms with Gasteiger partial charge in [-0.1, -0.05) is 5.16 Å². The molecule has 0 radical (unpaired) electrons. The lowest BCUT2D eigenvalue weighted by atomic mass is 10.0. The predicted molar refractivity (Wildman–Crippen MR) is 65.6 cm³/mol. The van der Waals surface area contributed by atoms with Gasteiger partial charge in [0.05, 0.1) is 0 Å². The first-order valence-electron chi connectivity index (χ1n) is 6.08. The maximum atomic E-state index is 9.45. The summed E-state index contributed by atoms with van der Waals surface area (Å²) in [6.45, 7) is 2.61. The van der Waals surface area contributed by atoms with Crippen molar-refractivity contribution in [1.29, 1.82) is 0 Å². The molecule has 19 heavy (non-hydrogen) atoms. The predicted octanol–water partition coefficient (Wildman–Crippen LogP) is 2.17. The van der Waals surface area contributed by atoms with E-state index in [1.165, 1.54) is 18.2 Å². The number of benzene rings is 1. The second-order valence-corrected chi connectivity index (χ2v) is 4.84. The fourth-order valence-corrected chi connectivity index (χ4v) is 2.23. The maximum absolute atomic E-state index is 9.45. The molecule has 6 heteroatoms. The summed E-state index contributed by atoms with van der Waals surface area (Å²) in [7, 11) is 0. The number of nitrogens with zero attached hydrogens (tertiary/aromatic N) is 2. The Morgan fingerprint density at radius 3 is 2.58 bits per heavy atom. The number of hydrogen-bond acceptors (Lipinski definition) is 6. The summed E-state index contributed by atoms with van der Waals surface area (Å²) in [5.74, 6) is 0.622. The van der Waals surface area contributed by atoms with Gasteiger partial charge >= 0.3 is 0 Å². The average Bonchev–Trinajstić information content (AvgIpc) is 2.96. The normalized spacial score (nSPS) is 22.8. The van der Waals surface area contributed by atoms with Gasteiger partial charge in [-0.15, -0.1) is 0 Å². The zero-order valence-corrected chi connectivity index (χ0v) is 10.5. The zero-order valence-electron chi connectivity index (χ0n) is 10.5. The number of aromatic hydroxyl groups is 2. The summed E-state index contributed by atoms with van der Waals surface area (Å²) < 4.78 is 10.8. The van der Waals surface area contributed by atoms with Gasteiger partial charge in [0.25, 0.3) is 5.89 Å². The first-order chi connectivity index (χ1) is 9.07. The van der Waals surface area contributed by atoms with Crippen molar-refractivity contribution in [2.75, 3.05) is 6.61 Å². The third-order valence-electron chi connectivity index (χ3n) is 3.27. The average molecular weight is 262 g/mol. The zero-order chi connectivity index (χ0) is 13.5. The standard InChI is InChI=1S/C13H14N2O4/c1-13(3-2-4-18-13)12-14-11(19-15-12)8-5-9(16)7-10(17)6-8/h5-7,16-17H,2-4H2,1H3. The van der Waals surface area contributed by atoms with Gasteiger partial charge in [0.1, 0.15) is 17.1 Å². The Morgan fingerprint density at radius 1 is 1.21 bits per heavy atom. The molecular formula is C13H14N2O4. The van der Waals surface area contributed by atoms with Crippen LogP contribution >= 0.6 is 0 Å². The van der Waals surface area contributed by atoms with E-state index in [4.69, 9.17) is 9.26 Å². The Balaban J connectivity index is 1.96. The lowest BCUT2D eigenvalue weighted by Gasteiger charge is -2.17. The molecule has 2 heterocycles. The second-order valence-electron chi connectivity index (χ2n) is 4.84. The Morgan fingerprint density at radius 2 is 1.95 bits per heavy atom. The molecule has 0 bridgehead atoms. The number of phenolic OH excluding ortho intramolecular Hbond substituents is 2. The van der Waals surface area contributed by atoms with E-state index in [-0.39, 0.29) is 17.4 Å². The van der Waals surface area contributed by atoms with Gasteiger partial charge in [0.15, 0.2) is 0 Å². The number of rotatable bonds is 2. The minimum atomic E-state index is -0.513. The Hall–Kier alpha value is -2.08. The monoisotopic (exact) mass is 262 g/mol. The smallest absolute Gasteiger partial charge is 0.258 e. The molecule has 1 fully saturated rings. The second kappa shape index (κ2) is 4.24. The summed E-state index contributed by atoms with van der Waals surface area (Å²) in [5, 5.41) is 22.8. The largest absolute Gasteiger partial charge is 0.508 e. The van der Waals surface area contributed by atoms with Crippen molar-refractivity contribution in [3.8, 4) is 23.0 Å². The number of phenols is 2. The van der Waals surface area contributed by atoms with Crippen LogP contribution in [0.4, 0.5) is 0 Å². The van der Waals surface area contributed by atoms with Crippen molar-refractivity contribution in [1.82, 2.24) is 10.1 Å². The van der Waals surface area contributed by atoms with E-state index in [9.17, 15) is 10.2 Å². The molecule has 0 spiro atoms. The molecule has 3 rings (SSSR count). The molecule has 100 valence electrons. The fourth-order valence-electron chi connectivity index (χ4n) is 2.23. The molecular weight excluding hydrogens is 248 g/mol. The van der Waals surface area contributed by atoms with Crippen molar-refractivity contribution in [3.05, 3.63) is 24.0 Å². The molecule has 0 aliphatic carbocycles. The van der Waals surface area contributed by atoms with Crippen molar-refractivity contribution in [3.63, 3.8) is 0 Å². The molecule has 1 aromatic heterocycles. The highest BCUT2D eigenvalue weighted by Gasteiger charge is 2.36. The lowest BCUT2D eigenvalue weighted by molar-refractivity contribution is 0.00768.